The smallest absolute Gasteiger partial charge is 0.328 e. The van der Waals surface area contributed by atoms with E-state index in [1.165, 1.54) is 4.31 Å². The number of sulfonamides is 1. The third-order valence-electron chi connectivity index (χ3n) is 3.98. The molecule has 2 atom stereocenters. The van der Waals surface area contributed by atoms with Crippen molar-refractivity contribution >= 4 is 10.0 Å². The molecule has 0 aliphatic carbocycles. The Morgan fingerprint density at radius 2 is 1.86 bits per heavy atom. The zero-order valence-electron chi connectivity index (χ0n) is 12.2. The summed E-state index contributed by atoms with van der Waals surface area (Å²) >= 11 is 0. The number of piperidine rings is 1. The molecule has 1 fully saturated rings. The van der Waals surface area contributed by atoms with Crippen LogP contribution < -0.4 is 5.73 Å². The Balaban J connectivity index is 2.23. The van der Waals surface area contributed by atoms with E-state index in [1.54, 1.807) is 0 Å². The highest BCUT2D eigenvalue weighted by molar-refractivity contribution is 7.89. The van der Waals surface area contributed by atoms with E-state index in [-0.39, 0.29) is 16.9 Å². The number of alkyl halides is 3. The lowest BCUT2D eigenvalue weighted by atomic mass is 9.93. The van der Waals surface area contributed by atoms with Gasteiger partial charge in [0.1, 0.15) is 0 Å². The van der Waals surface area contributed by atoms with Gasteiger partial charge in [-0.25, -0.2) is 8.42 Å². The molecular formula is C14H19F3N2O2S. The largest absolute Gasteiger partial charge is 0.416 e. The molecule has 2 N–H and O–H groups in total. The molecule has 1 aromatic rings. The highest BCUT2D eigenvalue weighted by atomic mass is 32.2. The molecule has 124 valence electrons. The normalized spacial score (nSPS) is 22.5. The van der Waals surface area contributed by atoms with Gasteiger partial charge in [-0.3, -0.25) is 0 Å². The van der Waals surface area contributed by atoms with Crippen LogP contribution in [0, 0.1) is 5.92 Å². The van der Waals surface area contributed by atoms with Gasteiger partial charge in [-0.2, -0.15) is 17.5 Å². The van der Waals surface area contributed by atoms with Crippen molar-refractivity contribution in [3.8, 4) is 0 Å². The third kappa shape index (κ3) is 3.61. The molecule has 1 aromatic carbocycles. The highest BCUT2D eigenvalue weighted by Gasteiger charge is 2.33. The van der Waals surface area contributed by atoms with Crippen LogP contribution in [-0.4, -0.2) is 31.9 Å². The monoisotopic (exact) mass is 336 g/mol. The molecule has 8 heteroatoms. The van der Waals surface area contributed by atoms with Gasteiger partial charge in [-0.1, -0.05) is 0 Å². The third-order valence-corrected chi connectivity index (χ3v) is 5.86. The van der Waals surface area contributed by atoms with Gasteiger partial charge >= 0.3 is 6.18 Å². The van der Waals surface area contributed by atoms with Gasteiger partial charge in [-0.05, 0) is 49.9 Å². The fraction of sp³-hybridized carbons (Fsp3) is 0.571. The van der Waals surface area contributed by atoms with Crippen LogP contribution >= 0.6 is 0 Å². The van der Waals surface area contributed by atoms with Gasteiger partial charge in [-0.15, -0.1) is 0 Å². The van der Waals surface area contributed by atoms with Crippen LogP contribution in [0.3, 0.4) is 0 Å². The Bertz CT molecular complexity index is 612. The molecule has 0 radical (unpaired) electrons. The van der Waals surface area contributed by atoms with E-state index < -0.39 is 21.8 Å². The average Bonchev–Trinajstić information content (AvgIpc) is 2.46. The molecule has 1 saturated heterocycles. The first kappa shape index (κ1) is 17.2. The van der Waals surface area contributed by atoms with E-state index in [0.29, 0.717) is 19.5 Å². The number of nitrogens with two attached hydrogens (primary N) is 1. The molecule has 0 bridgehead atoms. The molecule has 4 nitrogen and oxygen atoms in total. The fourth-order valence-corrected chi connectivity index (χ4v) is 4.12. The van der Waals surface area contributed by atoms with Gasteiger partial charge in [0.15, 0.2) is 0 Å². The number of halogens is 3. The second-order valence-electron chi connectivity index (χ2n) is 5.65. The number of rotatable bonds is 3. The zero-order chi connectivity index (χ0) is 16.5. The standard InChI is InChI=1S/C14H19F3N2O2S/c1-10(18)11-3-2-8-19(9-11)22(20,21)13-6-4-12(5-7-13)14(15,16)17/h4-7,10-11H,2-3,8-9,18H2,1H3/t10-,11-/m0/s1. The molecule has 22 heavy (non-hydrogen) atoms. The molecule has 0 spiro atoms. The molecule has 0 amide bonds. The van der Waals surface area contributed by atoms with Crippen LogP contribution in [0.25, 0.3) is 0 Å². The summed E-state index contributed by atoms with van der Waals surface area (Å²) in [7, 11) is -3.78. The predicted molar refractivity (Wildman–Crippen MR) is 76.6 cm³/mol. The summed E-state index contributed by atoms with van der Waals surface area (Å²) in [6.07, 6.45) is -2.92. The lowest BCUT2D eigenvalue weighted by Crippen LogP contribution is -2.44. The molecular weight excluding hydrogens is 317 g/mol. The lowest BCUT2D eigenvalue weighted by molar-refractivity contribution is -0.137. The molecule has 2 rings (SSSR count). The number of nitrogens with zero attached hydrogens (tertiary/aromatic N) is 1. The van der Waals surface area contributed by atoms with Crippen molar-refractivity contribution in [3.05, 3.63) is 29.8 Å². The van der Waals surface area contributed by atoms with Gasteiger partial charge in [0.25, 0.3) is 0 Å². The molecule has 1 aliphatic heterocycles. The van der Waals surface area contributed by atoms with Crippen LogP contribution in [0.5, 0.6) is 0 Å². The summed E-state index contributed by atoms with van der Waals surface area (Å²) in [6, 6.07) is 3.48. The Kier molecular flexibility index (Phi) is 4.84. The van der Waals surface area contributed by atoms with Crippen molar-refractivity contribution in [2.24, 2.45) is 11.7 Å². The summed E-state index contributed by atoms with van der Waals surface area (Å²) in [6.45, 7) is 2.51. The van der Waals surface area contributed by atoms with Crippen molar-refractivity contribution < 1.29 is 21.6 Å². The second kappa shape index (κ2) is 6.17. The summed E-state index contributed by atoms with van der Waals surface area (Å²) in [5.74, 6) is 0.0676. The van der Waals surface area contributed by atoms with Crippen LogP contribution in [0.1, 0.15) is 25.3 Å². The number of hydrogen-bond acceptors (Lipinski definition) is 3. The predicted octanol–water partition coefficient (Wildman–Crippen LogP) is 2.45. The Morgan fingerprint density at radius 1 is 1.27 bits per heavy atom. The number of benzene rings is 1. The first-order valence-corrected chi connectivity index (χ1v) is 8.49. The minimum absolute atomic E-state index is 0.0676. The SMILES string of the molecule is C[C@H](N)[C@H]1CCCN(S(=O)(=O)c2ccc(C(F)(F)F)cc2)C1. The Morgan fingerprint density at radius 3 is 2.36 bits per heavy atom. The summed E-state index contributed by atoms with van der Waals surface area (Å²) in [4.78, 5) is -0.120. The Hall–Kier alpha value is -1.12. The first-order valence-electron chi connectivity index (χ1n) is 7.05. The minimum Gasteiger partial charge on any atom is -0.328 e. The highest BCUT2D eigenvalue weighted by Crippen LogP contribution is 2.31. The van der Waals surface area contributed by atoms with E-state index in [9.17, 15) is 21.6 Å². The van der Waals surface area contributed by atoms with Crippen LogP contribution in [-0.2, 0) is 16.2 Å². The van der Waals surface area contributed by atoms with E-state index >= 15 is 0 Å². The van der Waals surface area contributed by atoms with E-state index in [0.717, 1.165) is 30.7 Å². The first-order chi connectivity index (χ1) is 10.1. The second-order valence-corrected chi connectivity index (χ2v) is 7.58. The molecule has 0 saturated carbocycles. The van der Waals surface area contributed by atoms with E-state index in [2.05, 4.69) is 0 Å². The topological polar surface area (TPSA) is 63.4 Å². The maximum absolute atomic E-state index is 12.5. The van der Waals surface area contributed by atoms with Gasteiger partial charge in [0.2, 0.25) is 10.0 Å². The Labute approximate surface area is 128 Å². The van der Waals surface area contributed by atoms with Gasteiger partial charge in [0.05, 0.1) is 10.5 Å². The van der Waals surface area contributed by atoms with E-state index in [4.69, 9.17) is 5.73 Å². The molecule has 0 unspecified atom stereocenters. The van der Waals surface area contributed by atoms with E-state index in [1.807, 2.05) is 6.92 Å². The maximum atomic E-state index is 12.5. The van der Waals surface area contributed by atoms with Crippen molar-refractivity contribution in [3.63, 3.8) is 0 Å². The summed E-state index contributed by atoms with van der Waals surface area (Å²) in [5, 5.41) is 0. The van der Waals surface area contributed by atoms with Crippen molar-refractivity contribution in [1.29, 1.82) is 0 Å². The van der Waals surface area contributed by atoms with Gasteiger partial charge < -0.3 is 5.73 Å². The van der Waals surface area contributed by atoms with Crippen molar-refractivity contribution in [1.82, 2.24) is 4.31 Å². The maximum Gasteiger partial charge on any atom is 0.416 e. The molecule has 1 heterocycles. The lowest BCUT2D eigenvalue weighted by Gasteiger charge is -2.33. The van der Waals surface area contributed by atoms with Gasteiger partial charge in [0, 0.05) is 19.1 Å². The molecule has 1 aliphatic rings. The number of hydrogen-bond donors (Lipinski definition) is 1. The fourth-order valence-electron chi connectivity index (χ4n) is 2.59. The van der Waals surface area contributed by atoms with Crippen LogP contribution in [0.4, 0.5) is 13.2 Å². The van der Waals surface area contributed by atoms with Crippen LogP contribution in [0.15, 0.2) is 29.2 Å². The van der Waals surface area contributed by atoms with Crippen molar-refractivity contribution in [2.45, 2.75) is 36.9 Å². The zero-order valence-corrected chi connectivity index (χ0v) is 13.0. The average molecular weight is 336 g/mol. The van der Waals surface area contributed by atoms with Crippen molar-refractivity contribution in [2.75, 3.05) is 13.1 Å². The molecule has 0 aromatic heterocycles. The van der Waals surface area contributed by atoms with Crippen LogP contribution in [0.2, 0.25) is 0 Å². The quantitative estimate of drug-likeness (QED) is 0.922. The summed E-state index contributed by atoms with van der Waals surface area (Å²) < 4.78 is 64.0. The summed E-state index contributed by atoms with van der Waals surface area (Å²) in [5.41, 5.74) is 4.97. The minimum atomic E-state index is -4.48.